The van der Waals surface area contributed by atoms with Gasteiger partial charge in [0.05, 0.1) is 22.4 Å². The van der Waals surface area contributed by atoms with Crippen molar-refractivity contribution in [2.75, 3.05) is 13.1 Å². The third-order valence-electron chi connectivity index (χ3n) is 5.72. The Labute approximate surface area is 150 Å². The number of fused-ring (bicyclic) bond motifs is 1. The van der Waals surface area contributed by atoms with Gasteiger partial charge in [0.25, 0.3) is 5.91 Å². The van der Waals surface area contributed by atoms with Gasteiger partial charge in [-0.05, 0) is 49.3 Å². The quantitative estimate of drug-likeness (QED) is 0.914. The lowest BCUT2D eigenvalue weighted by molar-refractivity contribution is -0.149. The number of likely N-dealkylation sites (tertiary alicyclic amines) is 1. The van der Waals surface area contributed by atoms with Gasteiger partial charge < -0.3 is 10.0 Å². The molecule has 2 aliphatic rings. The van der Waals surface area contributed by atoms with Crippen LogP contribution in [0.1, 0.15) is 35.3 Å². The molecule has 1 amide bonds. The minimum Gasteiger partial charge on any atom is -0.481 e. The second-order valence-corrected chi connectivity index (χ2v) is 7.86. The van der Waals surface area contributed by atoms with E-state index < -0.39 is 11.4 Å². The normalized spacial score (nSPS) is 25.2. The molecule has 0 spiro atoms. The number of carboxylic acids is 1. The fraction of sp³-hybridized carbons (Fsp3) is 0.421. The Morgan fingerprint density at radius 1 is 1.36 bits per heavy atom. The molecule has 0 radical (unpaired) electrons. The molecular formula is C19H20N2O3S. The lowest BCUT2D eigenvalue weighted by Gasteiger charge is -2.23. The van der Waals surface area contributed by atoms with E-state index in [-0.39, 0.29) is 11.8 Å². The van der Waals surface area contributed by atoms with E-state index >= 15 is 0 Å². The van der Waals surface area contributed by atoms with Crippen LogP contribution in [0.4, 0.5) is 0 Å². The minimum absolute atomic E-state index is 0.0762. The minimum atomic E-state index is -0.757. The zero-order chi connectivity index (χ0) is 17.6. The van der Waals surface area contributed by atoms with Crippen LogP contribution in [0, 0.1) is 18.3 Å². The van der Waals surface area contributed by atoms with Crippen LogP contribution >= 0.6 is 11.3 Å². The Balaban J connectivity index is 1.59. The Kier molecular flexibility index (Phi) is 3.87. The number of carbonyl (C=O) groups excluding carboxylic acids is 1. The van der Waals surface area contributed by atoms with Crippen LogP contribution in [0.15, 0.2) is 29.0 Å². The topological polar surface area (TPSA) is 70.5 Å². The van der Waals surface area contributed by atoms with Crippen molar-refractivity contribution >= 4 is 23.2 Å². The van der Waals surface area contributed by atoms with E-state index in [0.717, 1.165) is 24.1 Å². The number of rotatable bonds is 3. The molecule has 1 aliphatic heterocycles. The molecule has 5 nitrogen and oxygen atoms in total. The van der Waals surface area contributed by atoms with Crippen molar-refractivity contribution in [2.24, 2.45) is 11.3 Å². The first kappa shape index (κ1) is 16.3. The third kappa shape index (κ3) is 2.56. The Morgan fingerprint density at radius 3 is 2.84 bits per heavy atom. The highest BCUT2D eigenvalue weighted by Gasteiger charge is 2.55. The van der Waals surface area contributed by atoms with Gasteiger partial charge in [-0.2, -0.15) is 11.3 Å². The molecule has 130 valence electrons. The van der Waals surface area contributed by atoms with Gasteiger partial charge in [-0.1, -0.05) is 6.42 Å². The van der Waals surface area contributed by atoms with E-state index in [2.05, 4.69) is 4.98 Å². The first-order valence-corrected chi connectivity index (χ1v) is 9.48. The molecule has 1 aliphatic carbocycles. The molecule has 1 saturated heterocycles. The van der Waals surface area contributed by atoms with Gasteiger partial charge in [-0.15, -0.1) is 0 Å². The molecule has 0 unspecified atom stereocenters. The van der Waals surface area contributed by atoms with Gasteiger partial charge in [0.1, 0.15) is 0 Å². The summed E-state index contributed by atoms with van der Waals surface area (Å²) >= 11 is 1.61. The van der Waals surface area contributed by atoms with Crippen LogP contribution in [0.25, 0.3) is 11.3 Å². The molecule has 2 aromatic heterocycles. The van der Waals surface area contributed by atoms with Crippen molar-refractivity contribution < 1.29 is 14.7 Å². The van der Waals surface area contributed by atoms with Crippen molar-refractivity contribution in [3.63, 3.8) is 0 Å². The maximum Gasteiger partial charge on any atom is 0.311 e. The lowest BCUT2D eigenvalue weighted by Crippen LogP contribution is -2.37. The number of nitrogens with zero attached hydrogens (tertiary/aromatic N) is 2. The van der Waals surface area contributed by atoms with Crippen LogP contribution in [0.2, 0.25) is 0 Å². The summed E-state index contributed by atoms with van der Waals surface area (Å²) in [4.78, 5) is 31.0. The highest BCUT2D eigenvalue weighted by molar-refractivity contribution is 7.08. The van der Waals surface area contributed by atoms with Gasteiger partial charge in [-0.25, -0.2) is 0 Å². The number of amides is 1. The van der Waals surface area contributed by atoms with Crippen molar-refractivity contribution in [2.45, 2.75) is 26.2 Å². The monoisotopic (exact) mass is 356 g/mol. The van der Waals surface area contributed by atoms with E-state index in [9.17, 15) is 14.7 Å². The third-order valence-corrected chi connectivity index (χ3v) is 6.40. The predicted molar refractivity (Wildman–Crippen MR) is 95.6 cm³/mol. The van der Waals surface area contributed by atoms with Gasteiger partial charge in [-0.3, -0.25) is 14.6 Å². The summed E-state index contributed by atoms with van der Waals surface area (Å²) in [5.74, 6) is -0.780. The standard InChI is InChI=1S/C19H20N2O3S/c1-12-15(4-5-16(20-12)13-6-8-25-10-13)17(22)21-9-14-3-2-7-19(14,11-21)18(23)24/h4-6,8,10,14H,2-3,7,9,11H2,1H3,(H,23,24)/t14-,19+/m0/s1. The molecule has 0 bridgehead atoms. The van der Waals surface area contributed by atoms with E-state index in [1.165, 1.54) is 0 Å². The second kappa shape index (κ2) is 5.95. The van der Waals surface area contributed by atoms with E-state index in [1.54, 1.807) is 16.2 Å². The number of hydrogen-bond acceptors (Lipinski definition) is 4. The summed E-state index contributed by atoms with van der Waals surface area (Å²) in [6.45, 7) is 2.70. The lowest BCUT2D eigenvalue weighted by atomic mass is 9.81. The maximum atomic E-state index is 13.0. The van der Waals surface area contributed by atoms with E-state index in [0.29, 0.717) is 30.8 Å². The van der Waals surface area contributed by atoms with Crippen molar-refractivity contribution in [3.05, 3.63) is 40.2 Å². The molecule has 3 heterocycles. The summed E-state index contributed by atoms with van der Waals surface area (Å²) < 4.78 is 0. The fourth-order valence-corrected chi connectivity index (χ4v) is 4.97. The second-order valence-electron chi connectivity index (χ2n) is 7.08. The van der Waals surface area contributed by atoms with Gasteiger partial charge >= 0.3 is 5.97 Å². The molecule has 1 N–H and O–H groups in total. The summed E-state index contributed by atoms with van der Waals surface area (Å²) in [7, 11) is 0. The van der Waals surface area contributed by atoms with Gasteiger partial charge in [0, 0.05) is 24.0 Å². The largest absolute Gasteiger partial charge is 0.481 e. The number of thiophene rings is 1. The first-order valence-electron chi connectivity index (χ1n) is 8.54. The predicted octanol–water partition coefficient (Wildman–Crippen LogP) is 3.45. The summed E-state index contributed by atoms with van der Waals surface area (Å²) in [5.41, 5.74) is 2.42. The molecular weight excluding hydrogens is 336 g/mol. The van der Waals surface area contributed by atoms with E-state index in [1.807, 2.05) is 35.9 Å². The zero-order valence-corrected chi connectivity index (χ0v) is 14.9. The molecule has 4 rings (SSSR count). The number of aromatic nitrogens is 1. The highest BCUT2D eigenvalue weighted by Crippen LogP contribution is 2.49. The summed E-state index contributed by atoms with van der Waals surface area (Å²) in [6.07, 6.45) is 2.50. The Hall–Kier alpha value is -2.21. The number of carbonyl (C=O) groups is 2. The summed E-state index contributed by atoms with van der Waals surface area (Å²) in [5, 5.41) is 13.7. The fourth-order valence-electron chi connectivity index (χ4n) is 4.32. The molecule has 2 aromatic rings. The average molecular weight is 356 g/mol. The van der Waals surface area contributed by atoms with Crippen LogP contribution < -0.4 is 0 Å². The number of pyridine rings is 1. The number of aryl methyl sites for hydroxylation is 1. The van der Waals surface area contributed by atoms with Crippen LogP contribution in [0.5, 0.6) is 0 Å². The van der Waals surface area contributed by atoms with Crippen LogP contribution in [-0.4, -0.2) is 40.0 Å². The van der Waals surface area contributed by atoms with Crippen LogP contribution in [-0.2, 0) is 4.79 Å². The molecule has 25 heavy (non-hydrogen) atoms. The van der Waals surface area contributed by atoms with Crippen molar-refractivity contribution in [3.8, 4) is 11.3 Å². The molecule has 1 saturated carbocycles. The molecule has 2 atom stereocenters. The van der Waals surface area contributed by atoms with Gasteiger partial charge in [0.15, 0.2) is 0 Å². The molecule has 6 heteroatoms. The number of aliphatic carboxylic acids is 1. The maximum absolute atomic E-state index is 13.0. The molecule has 2 fully saturated rings. The van der Waals surface area contributed by atoms with Gasteiger partial charge in [0.2, 0.25) is 0 Å². The Morgan fingerprint density at radius 2 is 2.20 bits per heavy atom. The zero-order valence-electron chi connectivity index (χ0n) is 14.1. The average Bonchev–Trinajstić information content (AvgIpc) is 3.29. The first-order chi connectivity index (χ1) is 12.0. The van der Waals surface area contributed by atoms with E-state index in [4.69, 9.17) is 0 Å². The molecule has 0 aromatic carbocycles. The Bertz CT molecular complexity index is 833. The SMILES string of the molecule is Cc1nc(-c2ccsc2)ccc1C(=O)N1C[C@@H]2CCC[C@@]2(C(=O)O)C1. The smallest absolute Gasteiger partial charge is 0.311 e. The number of hydrogen-bond donors (Lipinski definition) is 1. The highest BCUT2D eigenvalue weighted by atomic mass is 32.1. The van der Waals surface area contributed by atoms with Crippen molar-refractivity contribution in [1.29, 1.82) is 0 Å². The van der Waals surface area contributed by atoms with Crippen LogP contribution in [0.3, 0.4) is 0 Å². The van der Waals surface area contributed by atoms with Crippen molar-refractivity contribution in [1.82, 2.24) is 9.88 Å². The summed E-state index contributed by atoms with van der Waals surface area (Å²) in [6, 6.07) is 5.69. The number of carboxylic acid groups (broad SMARTS) is 1.